The van der Waals surface area contributed by atoms with Gasteiger partial charge in [-0.05, 0) is 81.3 Å². The smallest absolute Gasteiger partial charge is 0.125 e. The van der Waals surface area contributed by atoms with Crippen LogP contribution < -0.4 is 10.1 Å². The van der Waals surface area contributed by atoms with E-state index in [-0.39, 0.29) is 0 Å². The van der Waals surface area contributed by atoms with Crippen molar-refractivity contribution in [3.05, 3.63) is 26.7 Å². The van der Waals surface area contributed by atoms with Gasteiger partial charge in [-0.3, -0.25) is 0 Å². The van der Waals surface area contributed by atoms with Crippen molar-refractivity contribution in [3.63, 3.8) is 0 Å². The molecule has 0 unspecified atom stereocenters. The summed E-state index contributed by atoms with van der Waals surface area (Å²) < 4.78 is 6.94. The Labute approximate surface area is 125 Å². The Balaban J connectivity index is 2.37. The van der Waals surface area contributed by atoms with Crippen LogP contribution in [0.1, 0.15) is 35.1 Å². The first-order chi connectivity index (χ1) is 9.06. The summed E-state index contributed by atoms with van der Waals surface area (Å²) in [6.45, 7) is 8.82. The molecule has 0 aliphatic carbocycles. The maximum atomic E-state index is 5.70. The van der Waals surface area contributed by atoms with Gasteiger partial charge in [0.1, 0.15) is 5.75 Å². The van der Waals surface area contributed by atoms with Gasteiger partial charge in [-0.1, -0.05) is 15.9 Å². The third kappa shape index (κ3) is 2.97. The van der Waals surface area contributed by atoms with Crippen molar-refractivity contribution in [1.82, 2.24) is 5.32 Å². The van der Waals surface area contributed by atoms with Gasteiger partial charge in [-0.15, -0.1) is 0 Å². The van der Waals surface area contributed by atoms with Crippen LogP contribution in [-0.4, -0.2) is 20.2 Å². The van der Waals surface area contributed by atoms with Gasteiger partial charge in [0.05, 0.1) is 7.11 Å². The van der Waals surface area contributed by atoms with Crippen molar-refractivity contribution < 1.29 is 4.74 Å². The Morgan fingerprint density at radius 2 is 1.74 bits per heavy atom. The van der Waals surface area contributed by atoms with Crippen LogP contribution in [0.4, 0.5) is 0 Å². The number of ether oxygens (including phenoxy) is 1. The van der Waals surface area contributed by atoms with Crippen LogP contribution in [-0.2, 0) is 6.42 Å². The summed E-state index contributed by atoms with van der Waals surface area (Å²) in [4.78, 5) is 0. The molecule has 1 N–H and O–H groups in total. The first kappa shape index (κ1) is 14.9. The number of rotatable bonds is 3. The fraction of sp³-hybridized carbons (Fsp3) is 0.625. The Morgan fingerprint density at radius 1 is 1.11 bits per heavy atom. The summed E-state index contributed by atoms with van der Waals surface area (Å²) in [6.07, 6.45) is 3.68. The van der Waals surface area contributed by atoms with Crippen LogP contribution in [0.2, 0.25) is 0 Å². The van der Waals surface area contributed by atoms with E-state index in [0.29, 0.717) is 0 Å². The molecule has 0 atom stereocenters. The van der Waals surface area contributed by atoms with Gasteiger partial charge in [0.2, 0.25) is 0 Å². The second kappa shape index (κ2) is 6.27. The molecule has 3 heteroatoms. The van der Waals surface area contributed by atoms with E-state index in [9.17, 15) is 0 Å². The molecule has 2 rings (SSSR count). The van der Waals surface area contributed by atoms with E-state index >= 15 is 0 Å². The number of hydrogen-bond donors (Lipinski definition) is 1. The first-order valence-corrected chi connectivity index (χ1v) is 7.88. The lowest BCUT2D eigenvalue weighted by Crippen LogP contribution is -2.29. The van der Waals surface area contributed by atoms with Crippen molar-refractivity contribution in [2.75, 3.05) is 20.2 Å². The molecule has 2 nitrogen and oxygen atoms in total. The minimum Gasteiger partial charge on any atom is -0.496 e. The Morgan fingerprint density at radius 3 is 2.32 bits per heavy atom. The maximum absolute atomic E-state index is 5.70. The monoisotopic (exact) mass is 325 g/mol. The lowest BCUT2D eigenvalue weighted by atomic mass is 9.87. The van der Waals surface area contributed by atoms with Gasteiger partial charge < -0.3 is 10.1 Å². The van der Waals surface area contributed by atoms with E-state index < -0.39 is 0 Å². The SMILES string of the molecule is COc1c(C)c(C)c(Br)c(C)c1CC1CCNCC1. The summed E-state index contributed by atoms with van der Waals surface area (Å²) >= 11 is 3.74. The zero-order chi connectivity index (χ0) is 14.0. The van der Waals surface area contributed by atoms with E-state index in [1.54, 1.807) is 7.11 Å². The Hall–Kier alpha value is -0.540. The van der Waals surface area contributed by atoms with Crippen LogP contribution in [0, 0.1) is 26.7 Å². The Bertz CT molecular complexity index is 465. The van der Waals surface area contributed by atoms with Gasteiger partial charge >= 0.3 is 0 Å². The largest absolute Gasteiger partial charge is 0.496 e. The van der Waals surface area contributed by atoms with Crippen LogP contribution in [0.5, 0.6) is 5.75 Å². The molecule has 1 heterocycles. The van der Waals surface area contributed by atoms with E-state index in [4.69, 9.17) is 4.74 Å². The molecule has 0 bridgehead atoms. The van der Waals surface area contributed by atoms with Gasteiger partial charge in [0.25, 0.3) is 0 Å². The van der Waals surface area contributed by atoms with E-state index in [2.05, 4.69) is 42.0 Å². The highest BCUT2D eigenvalue weighted by atomic mass is 79.9. The first-order valence-electron chi connectivity index (χ1n) is 7.09. The fourth-order valence-corrected chi connectivity index (χ4v) is 3.58. The van der Waals surface area contributed by atoms with Crippen molar-refractivity contribution in [2.24, 2.45) is 5.92 Å². The number of nitrogens with one attached hydrogen (secondary N) is 1. The summed E-state index contributed by atoms with van der Waals surface area (Å²) in [5, 5.41) is 3.44. The third-order valence-corrected chi connectivity index (χ3v) is 5.63. The normalized spacial score (nSPS) is 16.7. The number of methoxy groups -OCH3 is 1. The van der Waals surface area contributed by atoms with E-state index in [0.717, 1.165) is 31.2 Å². The van der Waals surface area contributed by atoms with Crippen molar-refractivity contribution >= 4 is 15.9 Å². The molecule has 0 saturated carbocycles. The minimum atomic E-state index is 0.780. The molecule has 19 heavy (non-hydrogen) atoms. The molecule has 0 radical (unpaired) electrons. The molecule has 0 aromatic heterocycles. The second-order valence-electron chi connectivity index (χ2n) is 5.60. The molecule has 0 amide bonds. The predicted molar refractivity (Wildman–Crippen MR) is 84.2 cm³/mol. The fourth-order valence-electron chi connectivity index (χ4n) is 3.04. The van der Waals surface area contributed by atoms with Gasteiger partial charge in [0, 0.05) is 4.47 Å². The molecule has 1 saturated heterocycles. The highest BCUT2D eigenvalue weighted by molar-refractivity contribution is 9.10. The van der Waals surface area contributed by atoms with E-state index in [1.165, 1.54) is 39.6 Å². The van der Waals surface area contributed by atoms with Crippen LogP contribution in [0.15, 0.2) is 4.47 Å². The molecular formula is C16H24BrNO. The van der Waals surface area contributed by atoms with Crippen LogP contribution in [0.25, 0.3) is 0 Å². The topological polar surface area (TPSA) is 21.3 Å². The van der Waals surface area contributed by atoms with E-state index in [1.807, 2.05) is 0 Å². The standard InChI is InChI=1S/C16H24BrNO/c1-10-11(2)16(19-4)14(12(3)15(10)17)9-13-5-7-18-8-6-13/h13,18H,5-9H2,1-4H3. The minimum absolute atomic E-state index is 0.780. The zero-order valence-corrected chi connectivity index (χ0v) is 14.0. The summed E-state index contributed by atoms with van der Waals surface area (Å²) in [7, 11) is 1.79. The molecule has 1 aliphatic rings. The highest BCUT2D eigenvalue weighted by Gasteiger charge is 2.21. The van der Waals surface area contributed by atoms with Crippen molar-refractivity contribution in [1.29, 1.82) is 0 Å². The second-order valence-corrected chi connectivity index (χ2v) is 6.39. The molecule has 1 fully saturated rings. The predicted octanol–water partition coefficient (Wildman–Crippen LogP) is 3.93. The maximum Gasteiger partial charge on any atom is 0.125 e. The number of hydrogen-bond acceptors (Lipinski definition) is 2. The number of benzene rings is 1. The Kier molecular flexibility index (Phi) is 4.91. The molecular weight excluding hydrogens is 302 g/mol. The average Bonchev–Trinajstić information content (AvgIpc) is 2.44. The lowest BCUT2D eigenvalue weighted by molar-refractivity contribution is 0.359. The quantitative estimate of drug-likeness (QED) is 0.909. The molecule has 1 aliphatic heterocycles. The average molecular weight is 326 g/mol. The molecule has 0 spiro atoms. The number of halogens is 1. The lowest BCUT2D eigenvalue weighted by Gasteiger charge is -2.26. The number of piperidine rings is 1. The highest BCUT2D eigenvalue weighted by Crippen LogP contribution is 2.38. The van der Waals surface area contributed by atoms with Crippen molar-refractivity contribution in [3.8, 4) is 5.75 Å². The molecule has 1 aromatic rings. The zero-order valence-electron chi connectivity index (χ0n) is 12.4. The van der Waals surface area contributed by atoms with Gasteiger partial charge in [-0.2, -0.15) is 0 Å². The van der Waals surface area contributed by atoms with Crippen LogP contribution in [0.3, 0.4) is 0 Å². The summed E-state index contributed by atoms with van der Waals surface area (Å²) in [5.74, 6) is 1.87. The van der Waals surface area contributed by atoms with Crippen molar-refractivity contribution in [2.45, 2.75) is 40.0 Å². The van der Waals surface area contributed by atoms with Gasteiger partial charge in [0.15, 0.2) is 0 Å². The summed E-state index contributed by atoms with van der Waals surface area (Å²) in [6, 6.07) is 0. The summed E-state index contributed by atoms with van der Waals surface area (Å²) in [5.41, 5.74) is 5.30. The van der Waals surface area contributed by atoms with Crippen LogP contribution >= 0.6 is 15.9 Å². The van der Waals surface area contributed by atoms with Gasteiger partial charge in [-0.25, -0.2) is 0 Å². The third-order valence-electron chi connectivity index (χ3n) is 4.44. The molecule has 1 aromatic carbocycles. The molecule has 106 valence electrons.